The summed E-state index contributed by atoms with van der Waals surface area (Å²) in [6.45, 7) is 1.43. The summed E-state index contributed by atoms with van der Waals surface area (Å²) in [5.74, 6) is 0.241. The van der Waals surface area contributed by atoms with E-state index in [1.54, 1.807) is 48.5 Å². The summed E-state index contributed by atoms with van der Waals surface area (Å²) in [6.07, 6.45) is 0. The Kier molecular flexibility index (Phi) is 6.75. The first kappa shape index (κ1) is 21.8. The number of carbonyl (C=O) groups is 1. The van der Waals surface area contributed by atoms with Crippen molar-refractivity contribution in [2.75, 3.05) is 12.0 Å². The largest absolute Gasteiger partial charge is 0.484 e. The van der Waals surface area contributed by atoms with Gasteiger partial charge in [-0.3, -0.25) is 15.0 Å². The molecule has 33 heavy (non-hydrogen) atoms. The average Bonchev–Trinajstić information content (AvgIpc) is 2.86. The van der Waals surface area contributed by atoms with E-state index in [0.29, 0.717) is 22.4 Å². The molecule has 1 amide bonds. The second-order valence-corrected chi connectivity index (χ2v) is 7.14. The maximum absolute atomic E-state index is 13.1. The lowest BCUT2D eigenvalue weighted by Gasteiger charge is -2.14. The van der Waals surface area contributed by atoms with E-state index < -0.39 is 11.5 Å². The Hall–Kier alpha value is -4.46. The van der Waals surface area contributed by atoms with E-state index in [-0.39, 0.29) is 19.0 Å². The summed E-state index contributed by atoms with van der Waals surface area (Å²) >= 11 is 0. The number of fused-ring (bicyclic) bond motifs is 1. The molecule has 0 unspecified atom stereocenters. The number of hydrogen-bond donors (Lipinski definition) is 1. The van der Waals surface area contributed by atoms with Crippen molar-refractivity contribution < 1.29 is 14.4 Å². The number of nitrogens with zero attached hydrogens (tertiary/aromatic N) is 3. The van der Waals surface area contributed by atoms with E-state index >= 15 is 0 Å². The van der Waals surface area contributed by atoms with Crippen LogP contribution in [0, 0.1) is 0 Å². The maximum Gasteiger partial charge on any atom is 0.280 e. The van der Waals surface area contributed by atoms with Crippen molar-refractivity contribution in [2.45, 2.75) is 13.5 Å². The zero-order chi connectivity index (χ0) is 23.0. The van der Waals surface area contributed by atoms with E-state index in [9.17, 15) is 9.59 Å². The number of oxime groups is 1. The fourth-order valence-electron chi connectivity index (χ4n) is 3.13. The molecule has 4 aromatic rings. The van der Waals surface area contributed by atoms with Crippen LogP contribution >= 0.6 is 0 Å². The highest BCUT2D eigenvalue weighted by Gasteiger charge is 2.14. The number of aromatic nitrogens is 2. The van der Waals surface area contributed by atoms with E-state index in [1.807, 2.05) is 43.3 Å². The van der Waals surface area contributed by atoms with Gasteiger partial charge < -0.3 is 9.57 Å². The van der Waals surface area contributed by atoms with Crippen molar-refractivity contribution in [3.05, 3.63) is 107 Å². The third-order valence-corrected chi connectivity index (χ3v) is 4.78. The molecule has 1 aromatic heterocycles. The molecule has 1 heterocycles. The van der Waals surface area contributed by atoms with Crippen LogP contribution in [0.4, 0.5) is 0 Å². The maximum atomic E-state index is 13.1. The lowest BCUT2D eigenvalue weighted by Crippen LogP contribution is -2.38. The van der Waals surface area contributed by atoms with Crippen LogP contribution in [0.25, 0.3) is 10.9 Å². The molecule has 166 valence electrons. The highest BCUT2D eigenvalue weighted by molar-refractivity contribution is 5.98. The molecule has 0 bridgehead atoms. The number of benzene rings is 3. The van der Waals surface area contributed by atoms with Crippen molar-refractivity contribution in [3.8, 4) is 5.75 Å². The molecule has 3 aromatic carbocycles. The second kappa shape index (κ2) is 10.2. The predicted octanol–water partition coefficient (Wildman–Crippen LogP) is 3.49. The Morgan fingerprint density at radius 1 is 0.970 bits per heavy atom. The van der Waals surface area contributed by atoms with Gasteiger partial charge in [0.15, 0.2) is 19.0 Å². The zero-order valence-electron chi connectivity index (χ0n) is 18.0. The van der Waals surface area contributed by atoms with E-state index in [0.717, 1.165) is 10.2 Å². The van der Waals surface area contributed by atoms with Gasteiger partial charge in [0.25, 0.3) is 11.5 Å². The molecule has 8 nitrogen and oxygen atoms in total. The molecule has 0 saturated heterocycles. The second-order valence-electron chi connectivity index (χ2n) is 7.14. The summed E-state index contributed by atoms with van der Waals surface area (Å²) in [6, 6.07) is 25.4. The number of carbonyl (C=O) groups excluding carboxylic acids is 1. The average molecular weight is 442 g/mol. The van der Waals surface area contributed by atoms with Crippen molar-refractivity contribution in [1.82, 2.24) is 9.66 Å². The van der Waals surface area contributed by atoms with Gasteiger partial charge in [-0.1, -0.05) is 65.8 Å². The fraction of sp³-hybridized carbons (Fsp3) is 0.120. The van der Waals surface area contributed by atoms with Gasteiger partial charge in [-0.25, -0.2) is 4.98 Å². The molecule has 0 aliphatic heterocycles. The molecule has 1 N–H and O–H groups in total. The molecular weight excluding hydrogens is 420 g/mol. The molecule has 0 aliphatic rings. The molecule has 0 saturated carbocycles. The third kappa shape index (κ3) is 5.43. The highest BCUT2D eigenvalue weighted by Crippen LogP contribution is 2.10. The highest BCUT2D eigenvalue weighted by atomic mass is 16.6. The van der Waals surface area contributed by atoms with Crippen molar-refractivity contribution in [2.24, 2.45) is 5.16 Å². The predicted molar refractivity (Wildman–Crippen MR) is 126 cm³/mol. The van der Waals surface area contributed by atoms with Crippen molar-refractivity contribution >= 4 is 22.5 Å². The van der Waals surface area contributed by atoms with Crippen molar-refractivity contribution in [1.29, 1.82) is 0 Å². The van der Waals surface area contributed by atoms with E-state index in [2.05, 4.69) is 15.6 Å². The van der Waals surface area contributed by atoms with Gasteiger partial charge in [-0.15, -0.1) is 0 Å². The van der Waals surface area contributed by atoms with Gasteiger partial charge in [-0.05, 0) is 36.8 Å². The summed E-state index contributed by atoms with van der Waals surface area (Å²) in [5, 5.41) is 4.49. The smallest absolute Gasteiger partial charge is 0.280 e. The molecule has 0 fully saturated rings. The first-order valence-corrected chi connectivity index (χ1v) is 10.3. The Morgan fingerprint density at radius 3 is 2.39 bits per heavy atom. The normalized spacial score (nSPS) is 11.2. The summed E-state index contributed by atoms with van der Waals surface area (Å²) < 4.78 is 6.54. The van der Waals surface area contributed by atoms with Crippen LogP contribution in [0.1, 0.15) is 18.3 Å². The monoisotopic (exact) mass is 442 g/mol. The minimum atomic E-state index is -0.511. The number of rotatable bonds is 8. The quantitative estimate of drug-likeness (QED) is 0.333. The lowest BCUT2D eigenvalue weighted by molar-refractivity contribution is -0.119. The zero-order valence-corrected chi connectivity index (χ0v) is 18.0. The SMILES string of the molecule is C/C(=N\OCc1nc2ccccc2c(=O)n1NC(=O)COc1ccccc1)c1ccccc1. The molecule has 0 spiro atoms. The Bertz CT molecular complexity index is 1340. The van der Waals surface area contributed by atoms with E-state index in [1.165, 1.54) is 0 Å². The number of hydrogen-bond acceptors (Lipinski definition) is 6. The van der Waals surface area contributed by atoms with Crippen LogP contribution in [0.15, 0.2) is 94.9 Å². The number of nitrogens with one attached hydrogen (secondary N) is 1. The van der Waals surface area contributed by atoms with E-state index in [4.69, 9.17) is 9.57 Å². The first-order valence-electron chi connectivity index (χ1n) is 10.3. The standard InChI is InChI=1S/C25H22N4O4/c1-18(19-10-4-2-5-11-19)28-33-16-23-26-22-15-9-8-14-21(22)25(31)29(23)27-24(30)17-32-20-12-6-3-7-13-20/h2-15H,16-17H2,1H3,(H,27,30)/b28-18+. The third-order valence-electron chi connectivity index (χ3n) is 4.78. The molecule has 0 atom stereocenters. The van der Waals surface area contributed by atoms with Crippen LogP contribution in [0.3, 0.4) is 0 Å². The molecule has 8 heteroatoms. The van der Waals surface area contributed by atoms with Gasteiger partial charge in [0.2, 0.25) is 0 Å². The van der Waals surface area contributed by atoms with Crippen LogP contribution in [-0.2, 0) is 16.2 Å². The van der Waals surface area contributed by atoms with Crippen LogP contribution < -0.4 is 15.7 Å². The molecule has 4 rings (SSSR count). The van der Waals surface area contributed by atoms with Crippen molar-refractivity contribution in [3.63, 3.8) is 0 Å². The minimum absolute atomic E-state index is 0.121. The topological polar surface area (TPSA) is 94.8 Å². The van der Waals surface area contributed by atoms with Gasteiger partial charge >= 0.3 is 0 Å². The number of amides is 1. The van der Waals surface area contributed by atoms with Gasteiger partial charge in [-0.2, -0.15) is 4.68 Å². The van der Waals surface area contributed by atoms with Gasteiger partial charge in [0.05, 0.1) is 16.6 Å². The summed E-state index contributed by atoms with van der Waals surface area (Å²) in [5.41, 5.74) is 4.22. The first-order chi connectivity index (χ1) is 16.1. The number of ether oxygens (including phenoxy) is 1. The van der Waals surface area contributed by atoms with Gasteiger partial charge in [0, 0.05) is 0 Å². The fourth-order valence-corrected chi connectivity index (χ4v) is 3.13. The van der Waals surface area contributed by atoms with Crippen LogP contribution in [-0.4, -0.2) is 27.9 Å². The summed E-state index contributed by atoms with van der Waals surface area (Å²) in [7, 11) is 0. The Morgan fingerprint density at radius 2 is 1.64 bits per heavy atom. The Balaban J connectivity index is 1.55. The summed E-state index contributed by atoms with van der Waals surface area (Å²) in [4.78, 5) is 35.5. The van der Waals surface area contributed by atoms with Crippen LogP contribution in [0.5, 0.6) is 5.75 Å². The molecule has 0 radical (unpaired) electrons. The molecule has 0 aliphatic carbocycles. The minimum Gasteiger partial charge on any atom is -0.484 e. The van der Waals surface area contributed by atoms with Crippen LogP contribution in [0.2, 0.25) is 0 Å². The lowest BCUT2D eigenvalue weighted by atomic mass is 10.1. The number of para-hydroxylation sites is 2. The Labute approximate surface area is 190 Å². The molecular formula is C25H22N4O4. The van der Waals surface area contributed by atoms with Gasteiger partial charge in [0.1, 0.15) is 5.75 Å².